The summed E-state index contributed by atoms with van der Waals surface area (Å²) in [6, 6.07) is 9.78. The summed E-state index contributed by atoms with van der Waals surface area (Å²) in [5, 5.41) is 5.81. The van der Waals surface area contributed by atoms with Crippen molar-refractivity contribution < 1.29 is 37.3 Å². The van der Waals surface area contributed by atoms with Crippen LogP contribution in [-0.2, 0) is 11.3 Å². The van der Waals surface area contributed by atoms with Gasteiger partial charge in [0.1, 0.15) is 28.5 Å². The quantitative estimate of drug-likeness (QED) is 0.177. The monoisotopic (exact) mass is 719 g/mol. The second-order valence-corrected chi connectivity index (χ2v) is 13.5. The molecule has 1 aliphatic heterocycles. The fourth-order valence-electron chi connectivity index (χ4n) is 5.72. The number of halogens is 2. The van der Waals surface area contributed by atoms with Crippen LogP contribution in [0.2, 0.25) is 0 Å². The van der Waals surface area contributed by atoms with Gasteiger partial charge in [-0.15, -0.1) is 0 Å². The van der Waals surface area contributed by atoms with Crippen molar-refractivity contribution in [2.45, 2.75) is 65.1 Å². The average Bonchev–Trinajstić information content (AvgIpc) is 3.10. The zero-order chi connectivity index (χ0) is 37.6. The maximum absolute atomic E-state index is 16.4. The van der Waals surface area contributed by atoms with E-state index in [2.05, 4.69) is 30.6 Å². The average molecular weight is 720 g/mol. The van der Waals surface area contributed by atoms with E-state index in [-0.39, 0.29) is 35.9 Å². The Morgan fingerprint density at radius 3 is 2.44 bits per heavy atom. The molecule has 15 heteroatoms. The highest BCUT2D eigenvalue weighted by molar-refractivity contribution is 5.97. The molecule has 2 N–H and O–H groups in total. The Morgan fingerprint density at radius 1 is 1.00 bits per heavy atom. The van der Waals surface area contributed by atoms with Gasteiger partial charge < -0.3 is 34.5 Å². The van der Waals surface area contributed by atoms with E-state index in [0.717, 1.165) is 0 Å². The third-order valence-corrected chi connectivity index (χ3v) is 8.20. The Balaban J connectivity index is 1.46. The van der Waals surface area contributed by atoms with Gasteiger partial charge in [-0.05, 0) is 71.7 Å². The van der Waals surface area contributed by atoms with E-state index in [9.17, 15) is 9.59 Å². The Morgan fingerprint density at radius 2 is 1.79 bits per heavy atom. The Hall–Kier alpha value is -5.60. The minimum Gasteiger partial charge on any atom is -0.497 e. The number of piperidine rings is 1. The fourth-order valence-corrected chi connectivity index (χ4v) is 5.72. The summed E-state index contributed by atoms with van der Waals surface area (Å²) in [5.41, 5.74) is -1.27. The standard InChI is InChI=1S/C37H43F2N7O6/c1-8-51-29-13-11-22(18-40-29)26-17-25(34(47)45-37(5)14-9-15-46(21-37)35(48)52-36(2,3)4)30(38)31(43-26)27-20-42-33(32(39)44-27)41-19-23-10-12-24(49-6)16-28(23)50-7/h10-13,16-18,20H,8-9,14-15,19,21H2,1-7H3,(H,41,42)(H,45,47). The number of anilines is 1. The summed E-state index contributed by atoms with van der Waals surface area (Å²) in [6.07, 6.45) is 3.26. The van der Waals surface area contributed by atoms with E-state index in [0.29, 0.717) is 54.5 Å². The molecule has 0 bridgehead atoms. The van der Waals surface area contributed by atoms with Gasteiger partial charge >= 0.3 is 6.09 Å². The van der Waals surface area contributed by atoms with Gasteiger partial charge in [0.15, 0.2) is 11.6 Å². The number of aromatic nitrogens is 4. The van der Waals surface area contributed by atoms with Gasteiger partial charge in [0.05, 0.1) is 43.8 Å². The van der Waals surface area contributed by atoms with Crippen LogP contribution >= 0.6 is 0 Å². The highest BCUT2D eigenvalue weighted by atomic mass is 19.1. The number of carbonyl (C=O) groups excluding carboxylic acids is 2. The molecule has 4 aromatic rings. The number of rotatable bonds is 11. The largest absolute Gasteiger partial charge is 0.497 e. The minimum atomic E-state index is -1.03. The number of likely N-dealkylation sites (tertiary alicyclic amines) is 1. The smallest absolute Gasteiger partial charge is 0.410 e. The summed E-state index contributed by atoms with van der Waals surface area (Å²) in [5.74, 6) is -1.49. The summed E-state index contributed by atoms with van der Waals surface area (Å²) in [4.78, 5) is 45.1. The van der Waals surface area contributed by atoms with Crippen LogP contribution in [0.4, 0.5) is 19.4 Å². The van der Waals surface area contributed by atoms with Crippen LogP contribution in [0.25, 0.3) is 22.6 Å². The Kier molecular flexibility index (Phi) is 11.4. The van der Waals surface area contributed by atoms with Crippen LogP contribution in [0.15, 0.2) is 48.8 Å². The number of carbonyl (C=O) groups is 2. The maximum Gasteiger partial charge on any atom is 0.410 e. The summed E-state index contributed by atoms with van der Waals surface area (Å²) in [6.45, 7) is 10.1. The lowest BCUT2D eigenvalue weighted by atomic mass is 9.90. The molecular formula is C37H43F2N7O6. The lowest BCUT2D eigenvalue weighted by Crippen LogP contribution is -2.58. The molecule has 276 valence electrons. The number of nitrogens with one attached hydrogen (secondary N) is 2. The Labute approximate surface area is 301 Å². The molecule has 0 saturated carbocycles. The summed E-state index contributed by atoms with van der Waals surface area (Å²) < 4.78 is 53.5. The van der Waals surface area contributed by atoms with Crippen LogP contribution in [0.3, 0.4) is 0 Å². The molecule has 3 aromatic heterocycles. The van der Waals surface area contributed by atoms with Crippen LogP contribution in [0.5, 0.6) is 17.4 Å². The third-order valence-electron chi connectivity index (χ3n) is 8.20. The molecule has 4 heterocycles. The van der Waals surface area contributed by atoms with E-state index >= 15 is 8.78 Å². The highest BCUT2D eigenvalue weighted by Crippen LogP contribution is 2.31. The zero-order valence-corrected chi connectivity index (χ0v) is 30.3. The topological polar surface area (TPSA) is 150 Å². The van der Waals surface area contributed by atoms with Gasteiger partial charge in [-0.2, -0.15) is 4.39 Å². The molecule has 0 aliphatic carbocycles. The van der Waals surface area contributed by atoms with E-state index in [4.69, 9.17) is 18.9 Å². The fraction of sp³-hybridized carbons (Fsp3) is 0.405. The molecule has 1 fully saturated rings. The van der Waals surface area contributed by atoms with E-state index in [1.807, 2.05) is 6.92 Å². The molecule has 0 radical (unpaired) electrons. The molecule has 1 unspecified atom stereocenters. The van der Waals surface area contributed by atoms with Gasteiger partial charge in [0.25, 0.3) is 11.9 Å². The van der Waals surface area contributed by atoms with Gasteiger partial charge in [-0.1, -0.05) is 0 Å². The van der Waals surface area contributed by atoms with Crippen molar-refractivity contribution in [1.82, 2.24) is 30.2 Å². The first-order valence-electron chi connectivity index (χ1n) is 16.8. The van der Waals surface area contributed by atoms with Crippen LogP contribution in [0.1, 0.15) is 63.4 Å². The van der Waals surface area contributed by atoms with E-state index in [1.54, 1.807) is 58.0 Å². The van der Waals surface area contributed by atoms with Crippen molar-refractivity contribution in [3.8, 4) is 40.0 Å². The van der Waals surface area contributed by atoms with Crippen LogP contribution < -0.4 is 24.8 Å². The number of benzene rings is 1. The molecule has 0 spiro atoms. The number of methoxy groups -OCH3 is 2. The number of nitrogens with zero attached hydrogens (tertiary/aromatic N) is 5. The van der Waals surface area contributed by atoms with E-state index < -0.39 is 40.6 Å². The van der Waals surface area contributed by atoms with Crippen LogP contribution in [-0.4, -0.2) is 81.9 Å². The molecule has 5 rings (SSSR count). The highest BCUT2D eigenvalue weighted by Gasteiger charge is 2.37. The molecule has 1 aromatic carbocycles. The maximum atomic E-state index is 16.4. The van der Waals surface area contributed by atoms with Gasteiger partial charge in [-0.25, -0.2) is 29.1 Å². The molecule has 1 saturated heterocycles. The zero-order valence-electron chi connectivity index (χ0n) is 30.3. The second kappa shape index (κ2) is 15.7. The number of hydrogen-bond donors (Lipinski definition) is 2. The van der Waals surface area contributed by atoms with E-state index in [1.165, 1.54) is 37.6 Å². The predicted octanol–water partition coefficient (Wildman–Crippen LogP) is 6.43. The lowest BCUT2D eigenvalue weighted by Gasteiger charge is -2.41. The van der Waals surface area contributed by atoms with Gasteiger partial charge in [-0.3, -0.25) is 4.79 Å². The minimum absolute atomic E-state index is 0.138. The van der Waals surface area contributed by atoms with Crippen LogP contribution in [0, 0.1) is 11.8 Å². The van der Waals surface area contributed by atoms with Gasteiger partial charge in [0.2, 0.25) is 5.88 Å². The van der Waals surface area contributed by atoms with Crippen molar-refractivity contribution in [2.75, 3.05) is 39.2 Å². The number of pyridine rings is 2. The number of hydrogen-bond acceptors (Lipinski definition) is 11. The molecule has 1 aliphatic rings. The molecule has 52 heavy (non-hydrogen) atoms. The summed E-state index contributed by atoms with van der Waals surface area (Å²) in [7, 11) is 3.05. The third kappa shape index (κ3) is 9.00. The SMILES string of the molecule is CCOc1ccc(-c2cc(C(=O)NC3(C)CCCN(C(=O)OC(C)(C)C)C3)c(F)c(-c3cnc(NCc4ccc(OC)cc4OC)c(F)n3)n2)cn1. The normalized spacial score (nSPS) is 15.8. The van der Waals surface area contributed by atoms with Crippen molar-refractivity contribution in [1.29, 1.82) is 0 Å². The van der Waals surface area contributed by atoms with Crippen molar-refractivity contribution in [2.24, 2.45) is 0 Å². The molecule has 1 atom stereocenters. The Bertz CT molecular complexity index is 1920. The van der Waals surface area contributed by atoms with Crippen molar-refractivity contribution in [3.05, 3.63) is 71.7 Å². The lowest BCUT2D eigenvalue weighted by molar-refractivity contribution is 0.0122. The molecule has 2 amide bonds. The first-order valence-corrected chi connectivity index (χ1v) is 16.8. The van der Waals surface area contributed by atoms with Crippen molar-refractivity contribution in [3.63, 3.8) is 0 Å². The first-order chi connectivity index (χ1) is 24.7. The molecule has 13 nitrogen and oxygen atoms in total. The number of ether oxygens (including phenoxy) is 4. The second-order valence-electron chi connectivity index (χ2n) is 13.5. The first kappa shape index (κ1) is 37.7. The summed E-state index contributed by atoms with van der Waals surface area (Å²) >= 11 is 0. The molecular weight excluding hydrogens is 676 g/mol. The number of amides is 2. The predicted molar refractivity (Wildman–Crippen MR) is 189 cm³/mol. The van der Waals surface area contributed by atoms with Crippen molar-refractivity contribution >= 4 is 17.8 Å². The van der Waals surface area contributed by atoms with Gasteiger partial charge in [0, 0.05) is 49.1 Å².